The first kappa shape index (κ1) is 25.8. The van der Waals surface area contributed by atoms with E-state index in [1.54, 1.807) is 12.0 Å². The molecule has 2 heterocycles. The van der Waals surface area contributed by atoms with Crippen LogP contribution in [-0.2, 0) is 30.6 Å². The van der Waals surface area contributed by atoms with Gasteiger partial charge < -0.3 is 19.3 Å². The van der Waals surface area contributed by atoms with Gasteiger partial charge in [0.25, 0.3) is 5.91 Å². The molecule has 6 rings (SSSR count). The lowest BCUT2D eigenvalue weighted by atomic mass is 9.88. The van der Waals surface area contributed by atoms with Gasteiger partial charge in [0.1, 0.15) is 5.75 Å². The zero-order valence-electron chi connectivity index (χ0n) is 22.4. The van der Waals surface area contributed by atoms with Gasteiger partial charge in [-0.25, -0.2) is 0 Å². The Balaban J connectivity index is 1.24. The number of carboxylic acids is 1. The Morgan fingerprint density at radius 3 is 2.52 bits per heavy atom. The van der Waals surface area contributed by atoms with E-state index < -0.39 is 5.97 Å². The number of aromatic nitrogens is 1. The van der Waals surface area contributed by atoms with Gasteiger partial charge in [-0.2, -0.15) is 0 Å². The largest absolute Gasteiger partial charge is 0.497 e. The lowest BCUT2D eigenvalue weighted by Crippen LogP contribution is -2.49. The highest BCUT2D eigenvalue weighted by molar-refractivity contribution is 6.06. The van der Waals surface area contributed by atoms with Crippen molar-refractivity contribution in [1.29, 1.82) is 0 Å². The number of aliphatic carboxylic acids is 1. The van der Waals surface area contributed by atoms with Crippen LogP contribution in [0.3, 0.4) is 0 Å². The molecular formula is C32H31N3O5. The fourth-order valence-electron chi connectivity index (χ4n) is 5.59. The van der Waals surface area contributed by atoms with Crippen LogP contribution in [0.5, 0.6) is 5.75 Å². The van der Waals surface area contributed by atoms with Crippen LogP contribution >= 0.6 is 0 Å². The van der Waals surface area contributed by atoms with E-state index in [1.165, 1.54) is 0 Å². The van der Waals surface area contributed by atoms with Gasteiger partial charge in [0.15, 0.2) is 11.5 Å². The molecule has 1 amide bonds. The molecule has 1 aromatic heterocycles. The number of hydrogen-bond donors (Lipinski definition) is 1. The number of carboxylic acid groups (broad SMARTS) is 1. The molecule has 0 spiro atoms. The van der Waals surface area contributed by atoms with E-state index >= 15 is 0 Å². The average Bonchev–Trinajstić information content (AvgIpc) is 3.40. The first-order chi connectivity index (χ1) is 19.5. The summed E-state index contributed by atoms with van der Waals surface area (Å²) in [7, 11) is 1.62. The zero-order valence-corrected chi connectivity index (χ0v) is 22.4. The van der Waals surface area contributed by atoms with Crippen molar-refractivity contribution in [2.75, 3.05) is 31.6 Å². The number of carbonyl (C=O) groups excluding carboxylic acids is 1. The Morgan fingerprint density at radius 2 is 1.80 bits per heavy atom. The molecular weight excluding hydrogens is 506 g/mol. The predicted octanol–water partition coefficient (Wildman–Crippen LogP) is 4.85. The third kappa shape index (κ3) is 5.10. The number of carbonyl (C=O) groups is 2. The molecule has 2 aliphatic rings. The van der Waals surface area contributed by atoms with Crippen LogP contribution in [0.4, 0.5) is 5.69 Å². The van der Waals surface area contributed by atoms with Gasteiger partial charge in [-0.1, -0.05) is 53.7 Å². The van der Waals surface area contributed by atoms with Gasteiger partial charge in [-0.15, -0.1) is 0 Å². The van der Waals surface area contributed by atoms with E-state index in [1.807, 2.05) is 48.5 Å². The molecule has 1 fully saturated rings. The Labute approximate surface area is 232 Å². The number of benzene rings is 3. The molecule has 1 aliphatic carbocycles. The molecule has 0 bridgehead atoms. The Morgan fingerprint density at radius 1 is 1.02 bits per heavy atom. The smallest absolute Gasteiger partial charge is 0.309 e. The molecule has 0 unspecified atom stereocenters. The van der Waals surface area contributed by atoms with Crippen molar-refractivity contribution >= 4 is 17.6 Å². The van der Waals surface area contributed by atoms with Crippen molar-refractivity contribution in [2.45, 2.75) is 25.8 Å². The summed E-state index contributed by atoms with van der Waals surface area (Å²) in [6, 6.07) is 23.9. The number of anilines is 1. The molecule has 8 nitrogen and oxygen atoms in total. The fourth-order valence-corrected chi connectivity index (χ4v) is 5.59. The summed E-state index contributed by atoms with van der Waals surface area (Å²) in [5.41, 5.74) is 6.39. The number of hydrogen-bond acceptors (Lipinski definition) is 6. The minimum absolute atomic E-state index is 0.183. The molecule has 1 aliphatic heterocycles. The highest BCUT2D eigenvalue weighted by atomic mass is 16.5. The van der Waals surface area contributed by atoms with E-state index in [4.69, 9.17) is 14.4 Å². The minimum Gasteiger partial charge on any atom is -0.497 e. The number of fused-ring (bicyclic) bond motifs is 3. The van der Waals surface area contributed by atoms with Crippen molar-refractivity contribution in [3.05, 3.63) is 101 Å². The monoisotopic (exact) mass is 537 g/mol. The molecule has 3 aromatic carbocycles. The first-order valence-electron chi connectivity index (χ1n) is 13.6. The number of likely N-dealkylation sites (tertiary alicyclic amines) is 1. The maximum absolute atomic E-state index is 14.0. The van der Waals surface area contributed by atoms with E-state index in [-0.39, 0.29) is 11.8 Å². The lowest BCUT2D eigenvalue weighted by molar-refractivity contribution is -0.147. The fraction of sp³-hybridized carbons (Fsp3) is 0.281. The summed E-state index contributed by atoms with van der Waals surface area (Å²) >= 11 is 0. The third-order valence-corrected chi connectivity index (χ3v) is 7.86. The molecule has 4 aromatic rings. The third-order valence-electron chi connectivity index (χ3n) is 7.86. The van der Waals surface area contributed by atoms with Crippen LogP contribution in [0, 0.1) is 5.92 Å². The Hall–Kier alpha value is -4.43. The van der Waals surface area contributed by atoms with Gasteiger partial charge in [-0.05, 0) is 60.2 Å². The maximum Gasteiger partial charge on any atom is 0.309 e. The summed E-state index contributed by atoms with van der Waals surface area (Å²) in [4.78, 5) is 29.0. The van der Waals surface area contributed by atoms with Crippen LogP contribution in [0.2, 0.25) is 0 Å². The molecule has 0 atom stereocenters. The summed E-state index contributed by atoms with van der Waals surface area (Å²) < 4.78 is 11.1. The highest BCUT2D eigenvalue weighted by Crippen LogP contribution is 2.37. The highest BCUT2D eigenvalue weighted by Gasteiger charge is 2.33. The maximum atomic E-state index is 14.0. The summed E-state index contributed by atoms with van der Waals surface area (Å²) in [6.07, 6.45) is 2.15. The van der Waals surface area contributed by atoms with Crippen LogP contribution in [0.1, 0.15) is 32.7 Å². The molecule has 1 saturated heterocycles. The Bertz CT molecular complexity index is 1520. The number of nitrogens with zero attached hydrogens (tertiary/aromatic N) is 3. The van der Waals surface area contributed by atoms with Gasteiger partial charge in [0, 0.05) is 43.0 Å². The molecule has 204 valence electrons. The molecule has 0 radical (unpaired) electrons. The van der Waals surface area contributed by atoms with Crippen molar-refractivity contribution < 1.29 is 24.0 Å². The number of rotatable bonds is 9. The predicted molar refractivity (Wildman–Crippen MR) is 151 cm³/mol. The van der Waals surface area contributed by atoms with Crippen molar-refractivity contribution in [2.24, 2.45) is 5.92 Å². The number of amides is 1. The van der Waals surface area contributed by atoms with E-state index in [0.717, 1.165) is 52.2 Å². The summed E-state index contributed by atoms with van der Waals surface area (Å²) in [5.74, 6) is 0.205. The van der Waals surface area contributed by atoms with Gasteiger partial charge in [0.2, 0.25) is 0 Å². The van der Waals surface area contributed by atoms with Crippen LogP contribution in [-0.4, -0.2) is 53.8 Å². The second-order valence-electron chi connectivity index (χ2n) is 10.5. The molecule has 1 N–H and O–H groups in total. The second kappa shape index (κ2) is 11.0. The normalized spacial score (nSPS) is 14.6. The van der Waals surface area contributed by atoms with Crippen molar-refractivity contribution in [3.8, 4) is 17.1 Å². The molecule has 8 heteroatoms. The van der Waals surface area contributed by atoms with Gasteiger partial charge >= 0.3 is 5.97 Å². The van der Waals surface area contributed by atoms with Crippen LogP contribution < -0.4 is 9.64 Å². The summed E-state index contributed by atoms with van der Waals surface area (Å²) in [5, 5.41) is 13.4. The second-order valence-corrected chi connectivity index (χ2v) is 10.5. The first-order valence-corrected chi connectivity index (χ1v) is 13.6. The standard InChI is InChI=1S/C32H31N3O5/c1-39-26-11-9-25(10-12-26)35(16-15-21-5-3-2-4-6-21)31(36)29-28-14-8-23-17-22(7-13-27(23)30(28)40-33-29)18-34-19-24(20-34)32(37)38/h2-7,9-13,17,24H,8,14-16,18-20H2,1H3,(H,37,38). The molecule has 40 heavy (non-hydrogen) atoms. The quantitative estimate of drug-likeness (QED) is 0.326. The van der Waals surface area contributed by atoms with E-state index in [9.17, 15) is 9.59 Å². The Kier molecular flexibility index (Phi) is 7.09. The topological polar surface area (TPSA) is 96.1 Å². The number of ether oxygens (including phenoxy) is 1. The zero-order chi connectivity index (χ0) is 27.6. The van der Waals surface area contributed by atoms with Gasteiger partial charge in [0.05, 0.1) is 13.0 Å². The minimum atomic E-state index is -0.726. The van der Waals surface area contributed by atoms with Crippen LogP contribution in [0.15, 0.2) is 77.3 Å². The molecule has 0 saturated carbocycles. The van der Waals surface area contributed by atoms with Gasteiger partial charge in [-0.3, -0.25) is 14.5 Å². The summed E-state index contributed by atoms with van der Waals surface area (Å²) in [6.45, 7) is 2.39. The number of methoxy groups -OCH3 is 1. The number of aryl methyl sites for hydroxylation is 1. The van der Waals surface area contributed by atoms with Crippen molar-refractivity contribution in [3.63, 3.8) is 0 Å². The van der Waals surface area contributed by atoms with E-state index in [2.05, 4.69) is 34.3 Å². The van der Waals surface area contributed by atoms with Crippen LogP contribution in [0.25, 0.3) is 11.3 Å². The SMILES string of the molecule is COc1ccc(N(CCc2ccccc2)C(=O)c2noc3c2CCc2cc(CN4CC(C(=O)O)C4)ccc2-3)cc1. The average molecular weight is 538 g/mol. The van der Waals surface area contributed by atoms with Crippen molar-refractivity contribution in [1.82, 2.24) is 10.1 Å². The van der Waals surface area contributed by atoms with E-state index in [0.29, 0.717) is 43.9 Å². The lowest BCUT2D eigenvalue weighted by Gasteiger charge is -2.36.